The van der Waals surface area contributed by atoms with Crippen LogP contribution in [0.1, 0.15) is 11.1 Å². The quantitative estimate of drug-likeness (QED) is 0.753. The van der Waals surface area contributed by atoms with Gasteiger partial charge >= 0.3 is 0 Å². The minimum Gasteiger partial charge on any atom is -0.497 e. The molecule has 0 spiro atoms. The Bertz CT molecular complexity index is 837. The lowest BCUT2D eigenvalue weighted by Crippen LogP contribution is -2.18. The van der Waals surface area contributed by atoms with Crippen molar-refractivity contribution in [2.24, 2.45) is 0 Å². The molecule has 124 valence electrons. The standard InChI is InChI=1S/C17H19N5O2/c1-13-7-18-21(9-13)12-17(23)20-15-8-19-22(11-15)10-14-4-3-5-16(6-14)24-2/h3-9,11H,10,12H2,1-2H3,(H,20,23). The lowest BCUT2D eigenvalue weighted by Gasteiger charge is -2.05. The smallest absolute Gasteiger partial charge is 0.246 e. The van der Waals surface area contributed by atoms with Crippen molar-refractivity contribution in [2.75, 3.05) is 12.4 Å². The lowest BCUT2D eigenvalue weighted by atomic mass is 10.2. The Morgan fingerprint density at radius 1 is 1.21 bits per heavy atom. The Balaban J connectivity index is 1.59. The Labute approximate surface area is 139 Å². The number of aryl methyl sites for hydroxylation is 1. The predicted molar refractivity (Wildman–Crippen MR) is 89.9 cm³/mol. The van der Waals surface area contributed by atoms with Gasteiger partial charge in [-0.05, 0) is 30.2 Å². The summed E-state index contributed by atoms with van der Waals surface area (Å²) in [6.45, 7) is 2.71. The van der Waals surface area contributed by atoms with Crippen LogP contribution in [0.4, 0.5) is 5.69 Å². The van der Waals surface area contributed by atoms with E-state index in [0.717, 1.165) is 16.9 Å². The van der Waals surface area contributed by atoms with Crippen LogP contribution < -0.4 is 10.1 Å². The van der Waals surface area contributed by atoms with Crippen molar-refractivity contribution in [3.8, 4) is 5.75 Å². The summed E-state index contributed by atoms with van der Waals surface area (Å²) in [6.07, 6.45) is 6.98. The van der Waals surface area contributed by atoms with Crippen LogP contribution in [0.3, 0.4) is 0 Å². The molecule has 0 bridgehead atoms. The number of nitrogens with zero attached hydrogens (tertiary/aromatic N) is 4. The van der Waals surface area contributed by atoms with Gasteiger partial charge in [-0.3, -0.25) is 14.2 Å². The fraction of sp³-hybridized carbons (Fsp3) is 0.235. The van der Waals surface area contributed by atoms with Gasteiger partial charge in [0.15, 0.2) is 0 Å². The van der Waals surface area contributed by atoms with Gasteiger partial charge in [0.05, 0.1) is 31.7 Å². The number of rotatable bonds is 6. The van der Waals surface area contributed by atoms with Crippen LogP contribution in [-0.4, -0.2) is 32.6 Å². The maximum Gasteiger partial charge on any atom is 0.246 e. The zero-order valence-electron chi connectivity index (χ0n) is 13.6. The highest BCUT2D eigenvalue weighted by atomic mass is 16.5. The molecule has 24 heavy (non-hydrogen) atoms. The van der Waals surface area contributed by atoms with E-state index in [-0.39, 0.29) is 12.5 Å². The molecule has 1 amide bonds. The number of benzene rings is 1. The van der Waals surface area contributed by atoms with E-state index in [2.05, 4.69) is 15.5 Å². The van der Waals surface area contributed by atoms with Gasteiger partial charge in [0.1, 0.15) is 12.3 Å². The van der Waals surface area contributed by atoms with Crippen LogP contribution in [0.2, 0.25) is 0 Å². The second kappa shape index (κ2) is 6.99. The molecule has 7 nitrogen and oxygen atoms in total. The first-order chi connectivity index (χ1) is 11.6. The van der Waals surface area contributed by atoms with E-state index in [1.54, 1.807) is 35.1 Å². The van der Waals surface area contributed by atoms with Gasteiger partial charge in [0, 0.05) is 12.4 Å². The molecule has 0 saturated heterocycles. The van der Waals surface area contributed by atoms with Crippen LogP contribution in [-0.2, 0) is 17.9 Å². The summed E-state index contributed by atoms with van der Waals surface area (Å²) in [5.41, 5.74) is 2.75. The van der Waals surface area contributed by atoms with Gasteiger partial charge in [-0.15, -0.1) is 0 Å². The van der Waals surface area contributed by atoms with E-state index in [1.807, 2.05) is 37.4 Å². The molecule has 7 heteroatoms. The first-order valence-electron chi connectivity index (χ1n) is 7.56. The highest BCUT2D eigenvalue weighted by molar-refractivity contribution is 5.90. The third kappa shape index (κ3) is 4.01. The largest absolute Gasteiger partial charge is 0.497 e. The maximum atomic E-state index is 12.0. The zero-order valence-corrected chi connectivity index (χ0v) is 13.6. The van der Waals surface area contributed by atoms with Crippen molar-refractivity contribution in [3.63, 3.8) is 0 Å². The number of aromatic nitrogens is 4. The van der Waals surface area contributed by atoms with Crippen LogP contribution in [0.25, 0.3) is 0 Å². The molecule has 2 heterocycles. The normalized spacial score (nSPS) is 10.6. The molecule has 1 aromatic carbocycles. The van der Waals surface area contributed by atoms with Crippen molar-refractivity contribution in [3.05, 3.63) is 60.2 Å². The SMILES string of the molecule is COc1cccc(Cn2cc(NC(=O)Cn3cc(C)cn3)cn2)c1. The van der Waals surface area contributed by atoms with E-state index in [0.29, 0.717) is 12.2 Å². The van der Waals surface area contributed by atoms with Gasteiger partial charge < -0.3 is 10.1 Å². The van der Waals surface area contributed by atoms with Crippen LogP contribution in [0.15, 0.2) is 49.1 Å². The number of carbonyl (C=O) groups excluding carboxylic acids is 1. The number of ether oxygens (including phenoxy) is 1. The Morgan fingerprint density at radius 2 is 2.04 bits per heavy atom. The molecule has 0 aliphatic heterocycles. The van der Waals surface area contributed by atoms with Crippen LogP contribution >= 0.6 is 0 Å². The van der Waals surface area contributed by atoms with Gasteiger partial charge in [0.25, 0.3) is 0 Å². The molecule has 0 saturated carbocycles. The average molecular weight is 325 g/mol. The molecule has 0 radical (unpaired) electrons. The molecule has 3 aromatic rings. The number of hydrogen-bond acceptors (Lipinski definition) is 4. The highest BCUT2D eigenvalue weighted by Crippen LogP contribution is 2.14. The predicted octanol–water partition coefficient (Wildman–Crippen LogP) is 2.08. The zero-order chi connectivity index (χ0) is 16.9. The van der Waals surface area contributed by atoms with E-state index >= 15 is 0 Å². The molecule has 0 unspecified atom stereocenters. The van der Waals surface area contributed by atoms with E-state index in [4.69, 9.17) is 4.74 Å². The first kappa shape index (κ1) is 15.8. The molecule has 3 rings (SSSR count). The summed E-state index contributed by atoms with van der Waals surface area (Å²) in [7, 11) is 1.64. The van der Waals surface area contributed by atoms with Crippen molar-refractivity contribution in [1.29, 1.82) is 0 Å². The van der Waals surface area contributed by atoms with Gasteiger partial charge in [0.2, 0.25) is 5.91 Å². The summed E-state index contributed by atoms with van der Waals surface area (Å²) in [5.74, 6) is 0.668. The van der Waals surface area contributed by atoms with Gasteiger partial charge in [-0.1, -0.05) is 12.1 Å². The topological polar surface area (TPSA) is 74.0 Å². The molecule has 0 aliphatic rings. The Morgan fingerprint density at radius 3 is 2.79 bits per heavy atom. The van der Waals surface area contributed by atoms with Crippen LogP contribution in [0.5, 0.6) is 5.75 Å². The average Bonchev–Trinajstić information content (AvgIpc) is 3.16. The lowest BCUT2D eigenvalue weighted by molar-refractivity contribution is -0.116. The van der Waals surface area contributed by atoms with Crippen molar-refractivity contribution < 1.29 is 9.53 Å². The molecule has 1 N–H and O–H groups in total. The number of methoxy groups -OCH3 is 1. The molecular formula is C17H19N5O2. The molecule has 0 atom stereocenters. The Kier molecular flexibility index (Phi) is 4.60. The van der Waals surface area contributed by atoms with E-state index in [1.165, 1.54) is 0 Å². The minimum atomic E-state index is -0.140. The van der Waals surface area contributed by atoms with Crippen molar-refractivity contribution >= 4 is 11.6 Å². The molecular weight excluding hydrogens is 306 g/mol. The number of amides is 1. The summed E-state index contributed by atoms with van der Waals surface area (Å²) in [6, 6.07) is 7.80. The van der Waals surface area contributed by atoms with Crippen molar-refractivity contribution in [1.82, 2.24) is 19.6 Å². The summed E-state index contributed by atoms with van der Waals surface area (Å²) in [4.78, 5) is 12.0. The highest BCUT2D eigenvalue weighted by Gasteiger charge is 2.07. The van der Waals surface area contributed by atoms with Gasteiger partial charge in [-0.25, -0.2) is 0 Å². The third-order valence-electron chi connectivity index (χ3n) is 3.46. The fourth-order valence-corrected chi connectivity index (χ4v) is 2.37. The monoisotopic (exact) mass is 325 g/mol. The minimum absolute atomic E-state index is 0.140. The fourth-order valence-electron chi connectivity index (χ4n) is 2.37. The first-order valence-corrected chi connectivity index (χ1v) is 7.56. The Hall–Kier alpha value is -3.09. The number of carbonyl (C=O) groups is 1. The summed E-state index contributed by atoms with van der Waals surface area (Å²) < 4.78 is 8.58. The summed E-state index contributed by atoms with van der Waals surface area (Å²) >= 11 is 0. The number of nitrogens with one attached hydrogen (secondary N) is 1. The van der Waals surface area contributed by atoms with Crippen molar-refractivity contribution in [2.45, 2.75) is 20.0 Å². The molecule has 0 fully saturated rings. The van der Waals surface area contributed by atoms with E-state index < -0.39 is 0 Å². The summed E-state index contributed by atoms with van der Waals surface area (Å²) in [5, 5.41) is 11.2. The van der Waals surface area contributed by atoms with Crippen LogP contribution in [0, 0.1) is 6.92 Å². The number of hydrogen-bond donors (Lipinski definition) is 1. The second-order valence-corrected chi connectivity index (χ2v) is 5.54. The van der Waals surface area contributed by atoms with E-state index in [9.17, 15) is 4.79 Å². The number of anilines is 1. The second-order valence-electron chi connectivity index (χ2n) is 5.54. The molecule has 0 aliphatic carbocycles. The third-order valence-corrected chi connectivity index (χ3v) is 3.46. The molecule has 2 aromatic heterocycles. The maximum absolute atomic E-state index is 12.0. The van der Waals surface area contributed by atoms with Gasteiger partial charge in [-0.2, -0.15) is 10.2 Å².